The first kappa shape index (κ1) is 16.7. The summed E-state index contributed by atoms with van der Waals surface area (Å²) in [4.78, 5) is 2.54. The Morgan fingerprint density at radius 1 is 0.769 bits per heavy atom. The van der Waals surface area contributed by atoms with Crippen molar-refractivity contribution in [3.8, 4) is 11.3 Å². The maximum Gasteiger partial charge on any atom is 0.153 e. The van der Waals surface area contributed by atoms with E-state index in [0.29, 0.717) is 0 Å². The topological polar surface area (TPSA) is 41.0 Å². The highest BCUT2D eigenvalue weighted by Crippen LogP contribution is 2.20. The molecule has 0 radical (unpaired) electrons. The second-order valence-electron chi connectivity index (χ2n) is 6.83. The van der Waals surface area contributed by atoms with Gasteiger partial charge in [-0.25, -0.2) is 0 Å². The van der Waals surface area contributed by atoms with Gasteiger partial charge in [0.2, 0.25) is 0 Å². The Morgan fingerprint density at radius 3 is 2.23 bits per heavy atom. The average molecular weight is 344 g/mol. The van der Waals surface area contributed by atoms with Crippen LogP contribution >= 0.6 is 0 Å². The van der Waals surface area contributed by atoms with Gasteiger partial charge in [0.15, 0.2) is 5.82 Å². The minimum Gasteiger partial charge on any atom is -0.339 e. The van der Waals surface area contributed by atoms with E-state index in [1.807, 2.05) is 42.5 Å². The van der Waals surface area contributed by atoms with Gasteiger partial charge in [0.25, 0.3) is 0 Å². The van der Waals surface area contributed by atoms with Crippen LogP contribution in [0.15, 0.2) is 66.7 Å². The van der Waals surface area contributed by atoms with Gasteiger partial charge in [-0.05, 0) is 55.8 Å². The second-order valence-corrected chi connectivity index (χ2v) is 6.83. The van der Waals surface area contributed by atoms with Crippen molar-refractivity contribution in [3.63, 3.8) is 0 Å². The van der Waals surface area contributed by atoms with Crippen LogP contribution in [-0.4, -0.2) is 28.2 Å². The largest absolute Gasteiger partial charge is 0.339 e. The molecule has 1 fully saturated rings. The molecule has 0 bridgehead atoms. The van der Waals surface area contributed by atoms with E-state index in [2.05, 4.69) is 44.7 Å². The summed E-state index contributed by atoms with van der Waals surface area (Å²) in [7, 11) is 0. The highest BCUT2D eigenvalue weighted by atomic mass is 15.2. The second kappa shape index (κ2) is 8.11. The van der Waals surface area contributed by atoms with Crippen LogP contribution in [0.25, 0.3) is 11.3 Å². The molecule has 1 aliphatic heterocycles. The molecule has 0 spiro atoms. The first-order valence-corrected chi connectivity index (χ1v) is 9.34. The van der Waals surface area contributed by atoms with E-state index in [0.717, 1.165) is 29.3 Å². The zero-order valence-electron chi connectivity index (χ0n) is 14.9. The van der Waals surface area contributed by atoms with Crippen molar-refractivity contribution in [1.29, 1.82) is 0 Å². The Bertz CT molecular complexity index is 807. The molecule has 3 aromatic rings. The SMILES string of the molecule is c1ccc(-c2ccc(Nc3ccc(CN4CCCCC4)cc3)nn2)cc1. The summed E-state index contributed by atoms with van der Waals surface area (Å²) in [5.41, 5.74) is 4.36. The van der Waals surface area contributed by atoms with Crippen molar-refractivity contribution >= 4 is 11.5 Å². The first-order valence-electron chi connectivity index (χ1n) is 9.34. The van der Waals surface area contributed by atoms with Crippen molar-refractivity contribution in [2.75, 3.05) is 18.4 Å². The van der Waals surface area contributed by atoms with Crippen LogP contribution < -0.4 is 5.32 Å². The lowest BCUT2D eigenvalue weighted by Gasteiger charge is -2.26. The Morgan fingerprint density at radius 2 is 1.54 bits per heavy atom. The molecule has 132 valence electrons. The maximum atomic E-state index is 4.32. The van der Waals surface area contributed by atoms with Gasteiger partial charge >= 0.3 is 0 Å². The lowest BCUT2D eigenvalue weighted by atomic mass is 10.1. The Labute approximate surface area is 154 Å². The van der Waals surface area contributed by atoms with E-state index in [-0.39, 0.29) is 0 Å². The first-order chi connectivity index (χ1) is 12.9. The molecule has 2 heterocycles. The lowest BCUT2D eigenvalue weighted by molar-refractivity contribution is 0.221. The predicted octanol–water partition coefficient (Wildman–Crippen LogP) is 4.87. The van der Waals surface area contributed by atoms with Crippen LogP contribution in [0.3, 0.4) is 0 Å². The summed E-state index contributed by atoms with van der Waals surface area (Å²) >= 11 is 0. The fourth-order valence-electron chi connectivity index (χ4n) is 3.38. The minimum absolute atomic E-state index is 0.758. The fraction of sp³-hybridized carbons (Fsp3) is 0.273. The molecule has 1 saturated heterocycles. The van der Waals surface area contributed by atoms with Crippen molar-refractivity contribution < 1.29 is 0 Å². The van der Waals surface area contributed by atoms with Crippen molar-refractivity contribution in [2.24, 2.45) is 0 Å². The minimum atomic E-state index is 0.758. The fourth-order valence-corrected chi connectivity index (χ4v) is 3.38. The lowest BCUT2D eigenvalue weighted by Crippen LogP contribution is -2.29. The van der Waals surface area contributed by atoms with Crippen LogP contribution in [0, 0.1) is 0 Å². The Kier molecular flexibility index (Phi) is 5.22. The van der Waals surface area contributed by atoms with Gasteiger partial charge in [-0.3, -0.25) is 4.90 Å². The molecule has 1 N–H and O–H groups in total. The molecule has 4 heteroatoms. The summed E-state index contributed by atoms with van der Waals surface area (Å²) in [6.45, 7) is 3.50. The Balaban J connectivity index is 1.38. The van der Waals surface area contributed by atoms with Crippen LogP contribution in [0.4, 0.5) is 11.5 Å². The van der Waals surface area contributed by atoms with Gasteiger partial charge in [-0.15, -0.1) is 10.2 Å². The maximum absolute atomic E-state index is 4.32. The van der Waals surface area contributed by atoms with E-state index in [9.17, 15) is 0 Å². The molecule has 1 aliphatic rings. The van der Waals surface area contributed by atoms with Gasteiger partial charge in [0.05, 0.1) is 5.69 Å². The number of aromatic nitrogens is 2. The van der Waals surface area contributed by atoms with Gasteiger partial charge in [0, 0.05) is 17.8 Å². The van der Waals surface area contributed by atoms with Gasteiger partial charge < -0.3 is 5.32 Å². The quantitative estimate of drug-likeness (QED) is 0.717. The summed E-state index contributed by atoms with van der Waals surface area (Å²) in [5, 5.41) is 11.9. The zero-order valence-corrected chi connectivity index (χ0v) is 14.9. The van der Waals surface area contributed by atoms with E-state index in [4.69, 9.17) is 0 Å². The molecule has 4 nitrogen and oxygen atoms in total. The van der Waals surface area contributed by atoms with Gasteiger partial charge in [-0.1, -0.05) is 48.9 Å². The standard InChI is InChI=1S/C22H24N4/c1-3-7-19(8-4-1)21-13-14-22(25-24-21)23-20-11-9-18(10-12-20)17-26-15-5-2-6-16-26/h1,3-4,7-14H,2,5-6,15-17H2,(H,23,25). The molecule has 1 aromatic heterocycles. The third-order valence-corrected chi connectivity index (χ3v) is 4.82. The normalized spacial score (nSPS) is 14.9. The van der Waals surface area contributed by atoms with Crippen LogP contribution in [0.2, 0.25) is 0 Å². The number of nitrogens with one attached hydrogen (secondary N) is 1. The highest BCUT2D eigenvalue weighted by Gasteiger charge is 2.10. The van der Waals surface area contributed by atoms with Crippen molar-refractivity contribution in [2.45, 2.75) is 25.8 Å². The number of hydrogen-bond donors (Lipinski definition) is 1. The predicted molar refractivity (Wildman–Crippen MR) is 106 cm³/mol. The molecule has 0 aliphatic carbocycles. The van der Waals surface area contributed by atoms with E-state index >= 15 is 0 Å². The van der Waals surface area contributed by atoms with Crippen LogP contribution in [0.5, 0.6) is 0 Å². The number of rotatable bonds is 5. The van der Waals surface area contributed by atoms with Crippen LogP contribution in [0.1, 0.15) is 24.8 Å². The molecular weight excluding hydrogens is 320 g/mol. The number of piperidine rings is 1. The van der Waals surface area contributed by atoms with Crippen LogP contribution in [-0.2, 0) is 6.54 Å². The molecule has 4 rings (SSSR count). The monoisotopic (exact) mass is 344 g/mol. The average Bonchev–Trinajstić information content (AvgIpc) is 2.72. The molecule has 0 saturated carbocycles. The molecule has 2 aromatic carbocycles. The summed E-state index contributed by atoms with van der Waals surface area (Å²) < 4.78 is 0. The summed E-state index contributed by atoms with van der Waals surface area (Å²) in [5.74, 6) is 0.758. The Hall–Kier alpha value is -2.72. The summed E-state index contributed by atoms with van der Waals surface area (Å²) in [6, 6.07) is 22.7. The number of nitrogens with zero attached hydrogens (tertiary/aromatic N) is 3. The number of likely N-dealkylation sites (tertiary alicyclic amines) is 1. The third-order valence-electron chi connectivity index (χ3n) is 4.82. The molecule has 26 heavy (non-hydrogen) atoms. The summed E-state index contributed by atoms with van der Waals surface area (Å²) in [6.07, 6.45) is 4.04. The third kappa shape index (κ3) is 4.27. The van der Waals surface area contributed by atoms with E-state index in [1.165, 1.54) is 37.9 Å². The van der Waals surface area contributed by atoms with E-state index < -0.39 is 0 Å². The molecular formula is C22H24N4. The highest BCUT2D eigenvalue weighted by molar-refractivity contribution is 5.61. The number of hydrogen-bond acceptors (Lipinski definition) is 4. The molecule has 0 amide bonds. The number of anilines is 2. The smallest absolute Gasteiger partial charge is 0.153 e. The molecule has 0 unspecified atom stereocenters. The van der Waals surface area contributed by atoms with Crippen molar-refractivity contribution in [1.82, 2.24) is 15.1 Å². The van der Waals surface area contributed by atoms with Gasteiger partial charge in [0.1, 0.15) is 0 Å². The van der Waals surface area contributed by atoms with Crippen molar-refractivity contribution in [3.05, 3.63) is 72.3 Å². The van der Waals surface area contributed by atoms with Gasteiger partial charge in [-0.2, -0.15) is 0 Å². The van der Waals surface area contributed by atoms with E-state index in [1.54, 1.807) is 0 Å². The number of benzene rings is 2. The molecule has 0 atom stereocenters. The zero-order chi connectivity index (χ0) is 17.6.